The highest BCUT2D eigenvalue weighted by atomic mass is 28.4. The molecule has 3 N–H and O–H groups in total. The van der Waals surface area contributed by atoms with Gasteiger partial charge >= 0.3 is 12.1 Å². The second-order valence-electron chi connectivity index (χ2n) is 19.3. The Morgan fingerprint density at radius 2 is 1.00 bits per heavy atom. The number of nitrogens with zero attached hydrogens (tertiary/aromatic N) is 5. The molecule has 0 atom stereocenters. The van der Waals surface area contributed by atoms with Crippen LogP contribution in [0.4, 0.5) is 37.0 Å². The molecule has 0 spiro atoms. The van der Waals surface area contributed by atoms with Crippen molar-refractivity contribution >= 4 is 51.8 Å². The van der Waals surface area contributed by atoms with Gasteiger partial charge < -0.3 is 33.6 Å². The molecule has 2 aliphatic heterocycles. The van der Waals surface area contributed by atoms with Crippen molar-refractivity contribution in [2.24, 2.45) is 0 Å². The van der Waals surface area contributed by atoms with Crippen LogP contribution in [0.2, 0.25) is 36.3 Å². The number of pyridine rings is 2. The highest BCUT2D eigenvalue weighted by Gasteiger charge is 2.40. The lowest BCUT2D eigenvalue weighted by atomic mass is 10.2. The van der Waals surface area contributed by atoms with Gasteiger partial charge in [0.2, 0.25) is 0 Å². The zero-order valence-corrected chi connectivity index (χ0v) is 42.4. The number of piperazine rings is 2. The van der Waals surface area contributed by atoms with E-state index >= 15 is 0 Å². The fraction of sp³-hybridized carbons (Fsp3) is 0.400. The zero-order chi connectivity index (χ0) is 48.0. The van der Waals surface area contributed by atoms with E-state index < -0.39 is 28.5 Å². The smallest absolute Gasteiger partial charge is 0.418 e. The van der Waals surface area contributed by atoms with Crippen LogP contribution in [0.25, 0.3) is 0 Å². The predicted octanol–water partition coefficient (Wildman–Crippen LogP) is 11.1. The minimum Gasteiger partial charge on any atom is -0.542 e. The van der Waals surface area contributed by atoms with Gasteiger partial charge in [0.25, 0.3) is 16.6 Å². The number of hydrogen-bond acceptors (Lipinski definition) is 10. The highest BCUT2D eigenvalue weighted by Crippen LogP contribution is 2.38. The number of rotatable bonds is 9. The second kappa shape index (κ2) is 23.0. The van der Waals surface area contributed by atoms with Crippen molar-refractivity contribution < 1.29 is 27.6 Å². The van der Waals surface area contributed by atoms with Gasteiger partial charge in [-0.1, -0.05) is 77.9 Å². The lowest BCUT2D eigenvalue weighted by Crippen LogP contribution is -2.50. The molecular weight excluding hydrogens is 868 g/mol. The maximum atomic E-state index is 12.8. The van der Waals surface area contributed by atoms with E-state index in [0.717, 1.165) is 45.0 Å². The summed E-state index contributed by atoms with van der Waals surface area (Å²) in [6, 6.07) is 33.1. The first-order chi connectivity index (χ1) is 31.2. The number of hydrogen-bond donors (Lipinski definition) is 3. The molecule has 4 heterocycles. The Kier molecular flexibility index (Phi) is 17.8. The normalized spacial score (nSPS) is 14.4. The van der Waals surface area contributed by atoms with Gasteiger partial charge in [-0.15, -0.1) is 0 Å². The summed E-state index contributed by atoms with van der Waals surface area (Å²) in [7, 11) is -3.83. The van der Waals surface area contributed by atoms with Crippen molar-refractivity contribution in [3.63, 3.8) is 0 Å². The lowest BCUT2D eigenvalue weighted by Gasteiger charge is -2.36. The molecule has 7 rings (SSSR count). The second-order valence-corrected chi connectivity index (χ2v) is 28.7. The van der Waals surface area contributed by atoms with E-state index in [0.29, 0.717) is 30.5 Å². The molecule has 0 radical (unpaired) electrons. The summed E-state index contributed by atoms with van der Waals surface area (Å²) in [6.45, 7) is 29.3. The van der Waals surface area contributed by atoms with Crippen molar-refractivity contribution in [2.75, 3.05) is 72.8 Å². The van der Waals surface area contributed by atoms with Crippen molar-refractivity contribution in [3.05, 3.63) is 127 Å². The number of amides is 3. The number of anilines is 4. The average Bonchev–Trinajstić information content (AvgIpc) is 3.29. The summed E-state index contributed by atoms with van der Waals surface area (Å²) in [6.07, 6.45) is 2.58. The first-order valence-electron chi connectivity index (χ1n) is 22.6. The number of halogens is 1. The molecule has 0 saturated carbocycles. The molecule has 16 heteroatoms. The van der Waals surface area contributed by atoms with Gasteiger partial charge in [0.15, 0.2) is 0 Å². The first-order valence-corrected chi connectivity index (χ1v) is 28.4. The molecule has 0 aliphatic carbocycles. The number of para-hydroxylation sites is 2. The summed E-state index contributed by atoms with van der Waals surface area (Å²) in [5.74, 6) is 2.16. The number of aromatic nitrogens is 2. The zero-order valence-electron chi connectivity index (χ0n) is 40.4. The molecule has 3 amide bonds. The van der Waals surface area contributed by atoms with Crippen LogP contribution in [0, 0.1) is 5.82 Å². The van der Waals surface area contributed by atoms with E-state index in [1.165, 1.54) is 35.6 Å². The van der Waals surface area contributed by atoms with E-state index in [9.17, 15) is 14.0 Å². The van der Waals surface area contributed by atoms with Crippen molar-refractivity contribution in [1.29, 1.82) is 0 Å². The SMILES string of the molecule is CC(C)(C)[Si](C)(C)Oc1ccc(NC(=O)N2CCN(c3ccccc3)CC2)nc1.CC(C)(C)[Si](C)(C)Oc1ccc(NC(=O)Oc2ccc(F)cc2)nc1.c1ccc(N2CCNCC2)cc1. The largest absolute Gasteiger partial charge is 0.542 e. The van der Waals surface area contributed by atoms with Crippen LogP contribution < -0.4 is 39.3 Å². The van der Waals surface area contributed by atoms with Crippen molar-refractivity contribution in [1.82, 2.24) is 20.2 Å². The first kappa shape index (κ1) is 51.0. The van der Waals surface area contributed by atoms with Crippen LogP contribution in [-0.4, -0.2) is 96.0 Å². The van der Waals surface area contributed by atoms with E-state index in [1.54, 1.807) is 30.6 Å². The number of carbonyl (C=O) groups excluding carboxylic acids is 2. The summed E-state index contributed by atoms with van der Waals surface area (Å²) in [5, 5.41) is 8.97. The minimum absolute atomic E-state index is 0.0862. The van der Waals surface area contributed by atoms with Gasteiger partial charge in [-0.25, -0.2) is 23.9 Å². The van der Waals surface area contributed by atoms with Crippen molar-refractivity contribution in [2.45, 2.75) is 77.8 Å². The third-order valence-corrected chi connectivity index (χ3v) is 21.0. The van der Waals surface area contributed by atoms with Crippen LogP contribution in [0.3, 0.4) is 0 Å². The Morgan fingerprint density at radius 3 is 1.42 bits per heavy atom. The van der Waals surface area contributed by atoms with Gasteiger partial charge in [0, 0.05) is 63.7 Å². The Hall–Kier alpha value is -5.98. The Labute approximate surface area is 393 Å². The van der Waals surface area contributed by atoms with Gasteiger partial charge in [-0.05, 0) is 109 Å². The van der Waals surface area contributed by atoms with Crippen LogP contribution in [0.15, 0.2) is 122 Å². The summed E-state index contributed by atoms with van der Waals surface area (Å²) in [4.78, 5) is 39.5. The highest BCUT2D eigenvalue weighted by molar-refractivity contribution is 6.75. The monoisotopic (exact) mass is 936 g/mol. The van der Waals surface area contributed by atoms with Gasteiger partial charge in [-0.2, -0.15) is 0 Å². The van der Waals surface area contributed by atoms with Gasteiger partial charge in [0.05, 0.1) is 12.4 Å². The molecule has 0 bridgehead atoms. The minimum atomic E-state index is -1.93. The Bertz CT molecular complexity index is 2250. The number of carbonyl (C=O) groups is 2. The fourth-order valence-electron chi connectivity index (χ4n) is 6.22. The third kappa shape index (κ3) is 15.6. The molecule has 66 heavy (non-hydrogen) atoms. The molecule has 3 aromatic carbocycles. The molecule has 2 aromatic heterocycles. The summed E-state index contributed by atoms with van der Waals surface area (Å²) < 4.78 is 30.2. The molecule has 2 aliphatic rings. The van der Waals surface area contributed by atoms with Gasteiger partial charge in [0.1, 0.15) is 34.7 Å². The number of ether oxygens (including phenoxy) is 1. The van der Waals surface area contributed by atoms with Crippen LogP contribution in [0.1, 0.15) is 41.5 Å². The fourth-order valence-corrected chi connectivity index (χ4v) is 8.25. The topological polar surface area (TPSA) is 133 Å². The molecule has 13 nitrogen and oxygen atoms in total. The van der Waals surface area contributed by atoms with Crippen molar-refractivity contribution in [3.8, 4) is 17.2 Å². The average molecular weight is 937 g/mol. The Morgan fingerprint density at radius 1 is 0.576 bits per heavy atom. The Balaban J connectivity index is 0.000000200. The molecule has 2 saturated heterocycles. The lowest BCUT2D eigenvalue weighted by molar-refractivity contribution is 0.208. The molecule has 0 unspecified atom stereocenters. The van der Waals surface area contributed by atoms with Gasteiger partial charge in [-0.3, -0.25) is 10.6 Å². The maximum Gasteiger partial charge on any atom is 0.418 e. The van der Waals surface area contributed by atoms with E-state index in [-0.39, 0.29) is 21.9 Å². The maximum absolute atomic E-state index is 12.8. The number of urea groups is 1. The number of benzene rings is 3. The van der Waals surface area contributed by atoms with Crippen LogP contribution in [-0.2, 0) is 0 Å². The standard InChI is InChI=1S/C22H32N4O2Si.C18H23FN2O3Si.C10H14N2/c1-22(2,3)29(4,5)28-19-11-12-20(23-17-19)24-21(27)26-15-13-25(14-16-26)18-9-7-6-8-10-18;1-18(2,3)25(4,5)24-15-10-11-16(20-12-15)21-17(22)23-14-8-6-13(19)7-9-14;1-2-4-10(5-3-1)12-8-6-11-7-9-12/h6-12,17H,13-16H2,1-5H3,(H,23,24,27);6-12H,1-5H3,(H,20,21,22);1-5,11H,6-9H2. The van der Waals surface area contributed by atoms with E-state index in [1.807, 2.05) is 29.2 Å². The summed E-state index contributed by atoms with van der Waals surface area (Å²) >= 11 is 0. The molecule has 354 valence electrons. The third-order valence-electron chi connectivity index (χ3n) is 12.2. The number of nitrogens with one attached hydrogen (secondary N) is 3. The predicted molar refractivity (Wildman–Crippen MR) is 271 cm³/mol. The van der Waals surface area contributed by atoms with E-state index in [4.69, 9.17) is 13.6 Å². The molecular formula is C50H69FN8O5Si2. The summed E-state index contributed by atoms with van der Waals surface area (Å²) in [5.41, 5.74) is 2.55. The molecule has 5 aromatic rings. The van der Waals surface area contributed by atoms with E-state index in [2.05, 4.69) is 146 Å². The quantitative estimate of drug-likeness (QED) is 0.123. The van der Waals surface area contributed by atoms with Crippen LogP contribution in [0.5, 0.6) is 17.2 Å². The molecule has 2 fully saturated rings. The van der Waals surface area contributed by atoms with Crippen LogP contribution >= 0.6 is 0 Å².